The number of benzene rings is 2. The number of aromatic nitrogens is 1. The summed E-state index contributed by atoms with van der Waals surface area (Å²) in [5.41, 5.74) is 2.66. The lowest BCUT2D eigenvalue weighted by Crippen LogP contribution is -2.53. The first-order chi connectivity index (χ1) is 16.4. The highest BCUT2D eigenvalue weighted by atomic mass is 31.1. The molecule has 3 atom stereocenters. The summed E-state index contributed by atoms with van der Waals surface area (Å²) in [6.45, 7) is 8.77. The molecule has 2 aromatic carbocycles. The van der Waals surface area contributed by atoms with E-state index >= 15 is 0 Å². The number of aliphatic hydroxyl groups is 1. The summed E-state index contributed by atoms with van der Waals surface area (Å²) in [6.07, 6.45) is 5.56. The minimum absolute atomic E-state index is 0.120. The minimum Gasteiger partial charge on any atom is -0.477 e. The van der Waals surface area contributed by atoms with E-state index in [0.717, 1.165) is 16.7 Å². The van der Waals surface area contributed by atoms with Gasteiger partial charge in [0.2, 0.25) is 0 Å². The van der Waals surface area contributed by atoms with E-state index in [1.165, 1.54) is 6.92 Å². The lowest BCUT2D eigenvalue weighted by atomic mass is 9.75. The van der Waals surface area contributed by atoms with Crippen LogP contribution in [-0.2, 0) is 15.0 Å². The standard InChI is InChI=1S/C28H28NO5P/c1-7-28(26(30)31,35(33)34)27(6,32)24-22(21-14-18(4)13-19(5)15-21)16-23(29-25(24)17(2)3)20-11-9-8-10-12-20/h1,8-17,32H,2-6H3,(H-,30,31,33,34)/p+1. The molecule has 0 saturated carbocycles. The Bertz CT molecular complexity index is 1310. The Morgan fingerprint density at radius 3 is 2.09 bits per heavy atom. The van der Waals surface area contributed by atoms with Gasteiger partial charge in [-0.3, -0.25) is 4.98 Å². The highest BCUT2D eigenvalue weighted by Crippen LogP contribution is 2.52. The highest BCUT2D eigenvalue weighted by molar-refractivity contribution is 7.42. The second-order valence-corrected chi connectivity index (χ2v) is 10.4. The molecule has 1 aromatic heterocycles. The molecule has 3 aromatic rings. The van der Waals surface area contributed by atoms with E-state index in [2.05, 4.69) is 0 Å². The molecule has 0 radical (unpaired) electrons. The van der Waals surface area contributed by atoms with Crippen LogP contribution < -0.4 is 0 Å². The Labute approximate surface area is 206 Å². The molecule has 7 heteroatoms. The Morgan fingerprint density at radius 2 is 1.63 bits per heavy atom. The van der Waals surface area contributed by atoms with E-state index in [0.29, 0.717) is 22.5 Å². The fourth-order valence-electron chi connectivity index (χ4n) is 4.52. The normalized spacial score (nSPS) is 15.1. The smallest absolute Gasteiger partial charge is 0.477 e. The number of pyridine rings is 1. The van der Waals surface area contributed by atoms with E-state index in [9.17, 15) is 24.5 Å². The van der Waals surface area contributed by atoms with Crippen LogP contribution in [0, 0.1) is 26.2 Å². The van der Waals surface area contributed by atoms with Crippen LogP contribution in [0.15, 0.2) is 54.6 Å². The second kappa shape index (κ2) is 9.71. The molecule has 35 heavy (non-hydrogen) atoms. The monoisotopic (exact) mass is 490 g/mol. The predicted octanol–water partition coefficient (Wildman–Crippen LogP) is 5.55. The van der Waals surface area contributed by atoms with Gasteiger partial charge in [0.15, 0.2) is 5.60 Å². The molecule has 0 aliphatic heterocycles. The van der Waals surface area contributed by atoms with Gasteiger partial charge in [-0.1, -0.05) is 73.5 Å². The fourth-order valence-corrected chi connectivity index (χ4v) is 5.28. The molecule has 0 saturated heterocycles. The maximum atomic E-state index is 12.5. The fraction of sp³-hybridized carbons (Fsp3) is 0.286. The van der Waals surface area contributed by atoms with Gasteiger partial charge in [-0.2, -0.15) is 4.89 Å². The van der Waals surface area contributed by atoms with E-state index in [4.69, 9.17) is 11.4 Å². The topological polar surface area (TPSA) is 108 Å². The third kappa shape index (κ3) is 4.51. The number of rotatable bonds is 7. The molecule has 0 bridgehead atoms. The van der Waals surface area contributed by atoms with Crippen molar-refractivity contribution in [3.8, 4) is 34.7 Å². The largest absolute Gasteiger partial charge is 0.541 e. The van der Waals surface area contributed by atoms with Gasteiger partial charge in [0.05, 0.1) is 11.4 Å². The summed E-state index contributed by atoms with van der Waals surface area (Å²) in [5, 5.41) is 19.1. The Kier molecular flexibility index (Phi) is 7.29. The SMILES string of the molecule is C#CC(C(=O)O)([P+](=O)O)C(C)(O)c1c(-c2cc(C)cc(C)c2)cc(-c2ccccc2)nc1C(C)C. The van der Waals surface area contributed by atoms with Gasteiger partial charge in [0.25, 0.3) is 0 Å². The maximum absolute atomic E-state index is 12.5. The molecule has 0 fully saturated rings. The van der Waals surface area contributed by atoms with Crippen LogP contribution in [-0.4, -0.2) is 31.2 Å². The quantitative estimate of drug-likeness (QED) is 0.296. The number of aryl methyl sites for hydroxylation is 2. The van der Waals surface area contributed by atoms with E-state index in [1.807, 2.05) is 82.1 Å². The molecular formula is C28H29NO5P+. The molecule has 0 aliphatic carbocycles. The molecular weight excluding hydrogens is 461 g/mol. The van der Waals surface area contributed by atoms with Gasteiger partial charge in [-0.25, -0.2) is 4.79 Å². The zero-order valence-electron chi connectivity index (χ0n) is 20.4. The van der Waals surface area contributed by atoms with Crippen molar-refractivity contribution in [3.05, 3.63) is 77.0 Å². The van der Waals surface area contributed by atoms with Crippen molar-refractivity contribution in [1.82, 2.24) is 4.98 Å². The summed E-state index contributed by atoms with van der Waals surface area (Å²) < 4.78 is 12.5. The Morgan fingerprint density at radius 1 is 1.06 bits per heavy atom. The number of hydrogen-bond acceptors (Lipinski definition) is 4. The van der Waals surface area contributed by atoms with Gasteiger partial charge in [-0.05, 0) is 54.4 Å². The average molecular weight is 491 g/mol. The summed E-state index contributed by atoms with van der Waals surface area (Å²) in [7, 11) is -3.54. The van der Waals surface area contributed by atoms with Gasteiger partial charge in [0, 0.05) is 11.1 Å². The van der Waals surface area contributed by atoms with Crippen molar-refractivity contribution in [2.24, 2.45) is 0 Å². The van der Waals surface area contributed by atoms with Crippen LogP contribution in [0.5, 0.6) is 0 Å². The first-order valence-electron chi connectivity index (χ1n) is 11.2. The zero-order chi connectivity index (χ0) is 26.1. The van der Waals surface area contributed by atoms with Crippen molar-refractivity contribution in [2.75, 3.05) is 0 Å². The predicted molar refractivity (Wildman–Crippen MR) is 137 cm³/mol. The zero-order valence-corrected chi connectivity index (χ0v) is 21.3. The van der Waals surface area contributed by atoms with E-state index in [1.54, 1.807) is 6.07 Å². The van der Waals surface area contributed by atoms with Gasteiger partial charge >= 0.3 is 19.2 Å². The minimum atomic E-state index is -3.54. The summed E-state index contributed by atoms with van der Waals surface area (Å²) in [5.74, 6) is -0.0787. The van der Waals surface area contributed by atoms with Crippen molar-refractivity contribution in [3.63, 3.8) is 0 Å². The lowest BCUT2D eigenvalue weighted by molar-refractivity contribution is -0.145. The van der Waals surface area contributed by atoms with Gasteiger partial charge < -0.3 is 10.2 Å². The van der Waals surface area contributed by atoms with Crippen molar-refractivity contribution >= 4 is 14.0 Å². The first kappa shape index (κ1) is 26.2. The van der Waals surface area contributed by atoms with Crippen LogP contribution in [0.25, 0.3) is 22.4 Å². The summed E-state index contributed by atoms with van der Waals surface area (Å²) in [6, 6.07) is 17.1. The number of aliphatic carboxylic acids is 1. The third-order valence-electron chi connectivity index (χ3n) is 6.19. The van der Waals surface area contributed by atoms with E-state index < -0.39 is 24.8 Å². The average Bonchev–Trinajstić information content (AvgIpc) is 2.78. The van der Waals surface area contributed by atoms with Crippen LogP contribution >= 0.6 is 8.03 Å². The molecule has 180 valence electrons. The Hall–Kier alpha value is -3.36. The molecule has 0 spiro atoms. The molecule has 0 aliphatic rings. The van der Waals surface area contributed by atoms with Crippen LogP contribution in [0.2, 0.25) is 0 Å². The highest BCUT2D eigenvalue weighted by Gasteiger charge is 2.70. The molecule has 3 N–H and O–H groups in total. The number of carboxylic acid groups (broad SMARTS) is 1. The van der Waals surface area contributed by atoms with E-state index in [-0.39, 0.29) is 11.5 Å². The number of hydrogen-bond donors (Lipinski definition) is 3. The number of carboxylic acids is 1. The van der Waals surface area contributed by atoms with Crippen LogP contribution in [0.3, 0.4) is 0 Å². The van der Waals surface area contributed by atoms with Gasteiger partial charge in [0.1, 0.15) is 0 Å². The number of nitrogens with zero attached hydrogens (tertiary/aromatic N) is 1. The third-order valence-corrected chi connectivity index (χ3v) is 7.52. The van der Waals surface area contributed by atoms with Crippen molar-refractivity contribution < 1.29 is 24.5 Å². The molecule has 3 unspecified atom stereocenters. The Balaban J connectivity index is 2.55. The molecule has 6 nitrogen and oxygen atoms in total. The van der Waals surface area contributed by atoms with Crippen molar-refractivity contribution in [2.45, 2.75) is 51.3 Å². The van der Waals surface area contributed by atoms with Crippen LogP contribution in [0.1, 0.15) is 49.1 Å². The molecule has 0 amide bonds. The summed E-state index contributed by atoms with van der Waals surface area (Å²) in [4.78, 5) is 27.3. The first-order valence-corrected chi connectivity index (χ1v) is 12.4. The molecule has 1 heterocycles. The summed E-state index contributed by atoms with van der Waals surface area (Å²) >= 11 is 0. The molecule has 3 rings (SSSR count). The number of terminal acetylenes is 1. The van der Waals surface area contributed by atoms with Crippen LogP contribution in [0.4, 0.5) is 0 Å². The van der Waals surface area contributed by atoms with Gasteiger partial charge in [-0.15, -0.1) is 6.42 Å². The number of carbonyl (C=O) groups is 1. The second-order valence-electron chi connectivity index (χ2n) is 9.22. The lowest BCUT2D eigenvalue weighted by Gasteiger charge is -2.34. The van der Waals surface area contributed by atoms with Crippen molar-refractivity contribution in [1.29, 1.82) is 0 Å². The maximum Gasteiger partial charge on any atom is 0.541 e.